The van der Waals surface area contributed by atoms with Crippen molar-refractivity contribution in [2.75, 3.05) is 6.61 Å². The van der Waals surface area contributed by atoms with Crippen LogP contribution in [0.2, 0.25) is 0 Å². The Labute approximate surface area is 123 Å². The summed E-state index contributed by atoms with van der Waals surface area (Å²) >= 11 is 0. The van der Waals surface area contributed by atoms with Crippen LogP contribution in [-0.2, 0) is 4.74 Å². The molecule has 0 amide bonds. The highest BCUT2D eigenvalue weighted by molar-refractivity contribution is 5.29. The van der Waals surface area contributed by atoms with Gasteiger partial charge in [-0.15, -0.1) is 0 Å². The number of rotatable bonds is 8. The molecule has 1 aromatic rings. The van der Waals surface area contributed by atoms with Crippen molar-refractivity contribution < 1.29 is 18.3 Å². The average molecular weight is 300 g/mol. The summed E-state index contributed by atoms with van der Waals surface area (Å²) in [4.78, 5) is 0. The van der Waals surface area contributed by atoms with Gasteiger partial charge in [0.2, 0.25) is 0 Å². The Morgan fingerprint density at radius 1 is 1.33 bits per heavy atom. The standard InChI is InChI=1S/C15H22F2N2O2/c16-15(17)21-13-8-6-11(7-9-13)14(19-18)5-1-3-12-4-2-10-20-12/h6-9,12,14-15,19H,1-5,10,18H2. The molecule has 1 fully saturated rings. The monoisotopic (exact) mass is 300 g/mol. The smallest absolute Gasteiger partial charge is 0.387 e. The van der Waals surface area contributed by atoms with Gasteiger partial charge in [0.05, 0.1) is 6.10 Å². The maximum atomic E-state index is 12.1. The molecule has 0 saturated carbocycles. The molecule has 0 aliphatic carbocycles. The highest BCUT2D eigenvalue weighted by atomic mass is 19.3. The van der Waals surface area contributed by atoms with Crippen molar-refractivity contribution >= 4 is 0 Å². The lowest BCUT2D eigenvalue weighted by atomic mass is 9.99. The van der Waals surface area contributed by atoms with Gasteiger partial charge in [-0.3, -0.25) is 11.3 Å². The summed E-state index contributed by atoms with van der Waals surface area (Å²) in [6.07, 6.45) is 5.59. The zero-order chi connectivity index (χ0) is 15.1. The molecule has 1 aliphatic rings. The molecule has 0 bridgehead atoms. The van der Waals surface area contributed by atoms with E-state index in [-0.39, 0.29) is 11.8 Å². The minimum Gasteiger partial charge on any atom is -0.435 e. The molecule has 0 spiro atoms. The molecule has 21 heavy (non-hydrogen) atoms. The molecule has 6 heteroatoms. The van der Waals surface area contributed by atoms with E-state index in [1.807, 2.05) is 0 Å². The molecule has 2 unspecified atom stereocenters. The van der Waals surface area contributed by atoms with Gasteiger partial charge in [-0.05, 0) is 49.8 Å². The van der Waals surface area contributed by atoms with Crippen molar-refractivity contribution in [3.63, 3.8) is 0 Å². The molecule has 1 heterocycles. The number of hydrogen-bond acceptors (Lipinski definition) is 4. The molecule has 1 aromatic carbocycles. The van der Waals surface area contributed by atoms with Crippen LogP contribution >= 0.6 is 0 Å². The molecule has 3 N–H and O–H groups in total. The molecular formula is C15H22F2N2O2. The molecule has 0 radical (unpaired) electrons. The Bertz CT molecular complexity index is 409. The number of hydrazine groups is 1. The van der Waals surface area contributed by atoms with E-state index in [0.717, 1.165) is 44.3 Å². The normalized spacial score (nSPS) is 19.9. The summed E-state index contributed by atoms with van der Waals surface area (Å²) in [7, 11) is 0. The van der Waals surface area contributed by atoms with Crippen LogP contribution in [0.25, 0.3) is 0 Å². The summed E-state index contributed by atoms with van der Waals surface area (Å²) in [5.41, 5.74) is 3.74. The zero-order valence-electron chi connectivity index (χ0n) is 11.9. The highest BCUT2D eigenvalue weighted by Crippen LogP contribution is 2.24. The largest absolute Gasteiger partial charge is 0.435 e. The van der Waals surface area contributed by atoms with Crippen LogP contribution in [0, 0.1) is 0 Å². The molecule has 1 aliphatic heterocycles. The maximum absolute atomic E-state index is 12.1. The van der Waals surface area contributed by atoms with E-state index in [2.05, 4.69) is 10.2 Å². The van der Waals surface area contributed by atoms with E-state index in [4.69, 9.17) is 10.6 Å². The highest BCUT2D eigenvalue weighted by Gasteiger charge is 2.16. The first-order valence-electron chi connectivity index (χ1n) is 7.31. The van der Waals surface area contributed by atoms with Crippen molar-refractivity contribution in [1.82, 2.24) is 5.43 Å². The zero-order valence-corrected chi connectivity index (χ0v) is 11.9. The van der Waals surface area contributed by atoms with Crippen molar-refractivity contribution in [3.05, 3.63) is 29.8 Å². The molecule has 0 aromatic heterocycles. The third-order valence-corrected chi connectivity index (χ3v) is 3.75. The molecule has 118 valence electrons. The lowest BCUT2D eigenvalue weighted by Gasteiger charge is -2.18. The Morgan fingerprint density at radius 3 is 2.67 bits per heavy atom. The Hall–Kier alpha value is -1.24. The van der Waals surface area contributed by atoms with Crippen LogP contribution in [0.3, 0.4) is 0 Å². The van der Waals surface area contributed by atoms with Crippen LogP contribution in [0.4, 0.5) is 8.78 Å². The Kier molecular flexibility index (Phi) is 6.35. The van der Waals surface area contributed by atoms with Crippen LogP contribution in [0.1, 0.15) is 43.7 Å². The second kappa shape index (κ2) is 8.26. The fourth-order valence-corrected chi connectivity index (χ4v) is 2.65. The SMILES string of the molecule is NNC(CCCC1CCCO1)c1ccc(OC(F)F)cc1. The van der Waals surface area contributed by atoms with Gasteiger partial charge in [-0.2, -0.15) is 8.78 Å². The van der Waals surface area contributed by atoms with Crippen LogP contribution < -0.4 is 16.0 Å². The van der Waals surface area contributed by atoms with E-state index >= 15 is 0 Å². The summed E-state index contributed by atoms with van der Waals surface area (Å²) in [6, 6.07) is 6.59. The molecule has 1 saturated heterocycles. The first kappa shape index (κ1) is 16.1. The lowest BCUT2D eigenvalue weighted by Crippen LogP contribution is -2.28. The number of benzene rings is 1. The van der Waals surface area contributed by atoms with E-state index in [1.54, 1.807) is 12.1 Å². The Morgan fingerprint density at radius 2 is 2.10 bits per heavy atom. The van der Waals surface area contributed by atoms with Gasteiger partial charge in [-0.1, -0.05) is 12.1 Å². The first-order valence-corrected chi connectivity index (χ1v) is 7.31. The second-order valence-corrected chi connectivity index (χ2v) is 5.23. The van der Waals surface area contributed by atoms with Gasteiger partial charge in [0.15, 0.2) is 0 Å². The van der Waals surface area contributed by atoms with E-state index in [9.17, 15) is 8.78 Å². The van der Waals surface area contributed by atoms with Crippen LogP contribution in [0.15, 0.2) is 24.3 Å². The minimum absolute atomic E-state index is 0.00648. The number of alkyl halides is 2. The third kappa shape index (κ3) is 5.22. The predicted octanol–water partition coefficient (Wildman–Crippen LogP) is 3.14. The number of halogens is 2. The number of nitrogens with two attached hydrogens (primary N) is 1. The van der Waals surface area contributed by atoms with Gasteiger partial charge in [0, 0.05) is 12.6 Å². The minimum atomic E-state index is -2.80. The van der Waals surface area contributed by atoms with Crippen LogP contribution in [-0.4, -0.2) is 19.3 Å². The van der Waals surface area contributed by atoms with Gasteiger partial charge in [0.1, 0.15) is 5.75 Å². The van der Waals surface area contributed by atoms with Crippen molar-refractivity contribution in [2.45, 2.75) is 50.9 Å². The van der Waals surface area contributed by atoms with E-state index < -0.39 is 6.61 Å². The summed E-state index contributed by atoms with van der Waals surface area (Å²) < 4.78 is 34.1. The lowest BCUT2D eigenvalue weighted by molar-refractivity contribution is -0.0498. The molecular weight excluding hydrogens is 278 g/mol. The topological polar surface area (TPSA) is 56.5 Å². The molecule has 2 rings (SSSR count). The summed E-state index contributed by atoms with van der Waals surface area (Å²) in [5.74, 6) is 5.74. The van der Waals surface area contributed by atoms with Gasteiger partial charge in [0.25, 0.3) is 0 Å². The van der Waals surface area contributed by atoms with Gasteiger partial charge < -0.3 is 9.47 Å². The fraction of sp³-hybridized carbons (Fsp3) is 0.600. The quantitative estimate of drug-likeness (QED) is 0.572. The molecule has 4 nitrogen and oxygen atoms in total. The van der Waals surface area contributed by atoms with E-state index in [0.29, 0.717) is 6.10 Å². The number of nitrogens with one attached hydrogen (secondary N) is 1. The van der Waals surface area contributed by atoms with Crippen LogP contribution in [0.5, 0.6) is 5.75 Å². The first-order chi connectivity index (χ1) is 10.2. The van der Waals surface area contributed by atoms with Crippen molar-refractivity contribution in [2.24, 2.45) is 5.84 Å². The Balaban J connectivity index is 1.81. The van der Waals surface area contributed by atoms with E-state index in [1.165, 1.54) is 12.1 Å². The third-order valence-electron chi connectivity index (χ3n) is 3.75. The summed E-state index contributed by atoms with van der Waals surface area (Å²) in [6.45, 7) is -1.93. The number of ether oxygens (including phenoxy) is 2. The average Bonchev–Trinajstić information content (AvgIpc) is 2.97. The molecule has 2 atom stereocenters. The van der Waals surface area contributed by atoms with Crippen molar-refractivity contribution in [3.8, 4) is 5.75 Å². The van der Waals surface area contributed by atoms with Gasteiger partial charge in [-0.25, -0.2) is 0 Å². The number of hydrogen-bond donors (Lipinski definition) is 2. The second-order valence-electron chi connectivity index (χ2n) is 5.23. The van der Waals surface area contributed by atoms with Crippen molar-refractivity contribution in [1.29, 1.82) is 0 Å². The summed E-state index contributed by atoms with van der Waals surface area (Å²) in [5, 5.41) is 0. The fourth-order valence-electron chi connectivity index (χ4n) is 2.65. The predicted molar refractivity (Wildman–Crippen MR) is 76.0 cm³/mol. The maximum Gasteiger partial charge on any atom is 0.387 e. The van der Waals surface area contributed by atoms with Gasteiger partial charge >= 0.3 is 6.61 Å².